The largest absolute Gasteiger partial charge is 0.477 e. The van der Waals surface area contributed by atoms with Crippen molar-refractivity contribution in [2.24, 2.45) is 7.05 Å². The van der Waals surface area contributed by atoms with Crippen LogP contribution in [0.3, 0.4) is 0 Å². The van der Waals surface area contributed by atoms with Crippen LogP contribution in [0.2, 0.25) is 0 Å². The van der Waals surface area contributed by atoms with E-state index in [1.807, 2.05) is 0 Å². The van der Waals surface area contributed by atoms with E-state index >= 15 is 0 Å². The Kier molecular flexibility index (Phi) is 2.72. The minimum Gasteiger partial charge on any atom is -0.477 e. The molecule has 2 N–H and O–H groups in total. The van der Waals surface area contributed by atoms with E-state index in [4.69, 9.17) is 10.2 Å². The van der Waals surface area contributed by atoms with E-state index in [9.17, 15) is 13.2 Å². The number of nitrogens with zero attached hydrogens (tertiary/aromatic N) is 2. The number of aromatic nitrogens is 1. The molecule has 1 saturated heterocycles. The van der Waals surface area contributed by atoms with Crippen molar-refractivity contribution in [1.82, 2.24) is 8.87 Å². The van der Waals surface area contributed by atoms with Crippen molar-refractivity contribution in [3.8, 4) is 0 Å². The number of β-amino-alcohol motifs (C(OH)–C–C–N with tert-alkyl or cyclic N) is 1. The summed E-state index contributed by atoms with van der Waals surface area (Å²) < 4.78 is 26.3. The number of aryl methyl sites for hydroxylation is 1. The number of hydrogen-bond acceptors (Lipinski definition) is 4. The van der Waals surface area contributed by atoms with Crippen molar-refractivity contribution in [2.45, 2.75) is 11.0 Å². The van der Waals surface area contributed by atoms with E-state index in [2.05, 4.69) is 0 Å². The summed E-state index contributed by atoms with van der Waals surface area (Å²) in [7, 11) is -2.22. The lowest BCUT2D eigenvalue weighted by atomic mass is 10.2. The molecule has 1 fully saturated rings. The second kappa shape index (κ2) is 3.83. The summed E-state index contributed by atoms with van der Waals surface area (Å²) in [5, 5.41) is 17.9. The van der Waals surface area contributed by atoms with Crippen molar-refractivity contribution in [3.05, 3.63) is 18.0 Å². The molecule has 94 valence electrons. The van der Waals surface area contributed by atoms with E-state index < -0.39 is 22.1 Å². The summed E-state index contributed by atoms with van der Waals surface area (Å²) in [6.07, 6.45) is 0.621. The Morgan fingerprint density at radius 3 is 2.47 bits per heavy atom. The fourth-order valence-corrected chi connectivity index (χ4v) is 3.24. The van der Waals surface area contributed by atoms with Crippen LogP contribution in [0.4, 0.5) is 0 Å². The summed E-state index contributed by atoms with van der Waals surface area (Å²) in [5.41, 5.74) is -0.0929. The Morgan fingerprint density at radius 1 is 1.47 bits per heavy atom. The second-order valence-electron chi connectivity index (χ2n) is 3.95. The maximum absolute atomic E-state index is 12.0. The van der Waals surface area contributed by atoms with E-state index in [1.54, 1.807) is 0 Å². The highest BCUT2D eigenvalue weighted by Crippen LogP contribution is 2.23. The average Bonchev–Trinajstić information content (AvgIpc) is 2.56. The van der Waals surface area contributed by atoms with Crippen LogP contribution in [0.1, 0.15) is 10.5 Å². The van der Waals surface area contributed by atoms with Crippen LogP contribution in [0.5, 0.6) is 0 Å². The Hall–Kier alpha value is -1.38. The molecule has 0 spiro atoms. The third kappa shape index (κ3) is 1.94. The first kappa shape index (κ1) is 12.1. The van der Waals surface area contributed by atoms with E-state index in [0.29, 0.717) is 0 Å². The molecule has 1 aromatic rings. The maximum Gasteiger partial charge on any atom is 0.352 e. The summed E-state index contributed by atoms with van der Waals surface area (Å²) in [5.74, 6) is -1.18. The first-order chi connectivity index (χ1) is 7.82. The molecular formula is C9H12N2O5S. The smallest absolute Gasteiger partial charge is 0.352 e. The first-order valence-corrected chi connectivity index (χ1v) is 6.34. The highest BCUT2D eigenvalue weighted by atomic mass is 32.2. The SMILES string of the molecule is Cn1cc(S(=O)(=O)N2CC(O)C2)cc1C(=O)O. The van der Waals surface area contributed by atoms with Crippen LogP contribution in [0, 0.1) is 0 Å². The van der Waals surface area contributed by atoms with Crippen LogP contribution in [0.15, 0.2) is 17.2 Å². The summed E-state index contributed by atoms with van der Waals surface area (Å²) in [6, 6.07) is 1.11. The Balaban J connectivity index is 2.34. The first-order valence-electron chi connectivity index (χ1n) is 4.90. The van der Waals surface area contributed by atoms with Crippen molar-refractivity contribution in [1.29, 1.82) is 0 Å². The molecule has 2 rings (SSSR count). The number of carboxylic acid groups (broad SMARTS) is 1. The lowest BCUT2D eigenvalue weighted by Gasteiger charge is -2.34. The van der Waals surface area contributed by atoms with Gasteiger partial charge in [-0.15, -0.1) is 0 Å². The zero-order valence-corrected chi connectivity index (χ0v) is 9.88. The molecule has 0 atom stereocenters. The lowest BCUT2D eigenvalue weighted by molar-refractivity contribution is 0.0547. The van der Waals surface area contributed by atoms with E-state index in [0.717, 1.165) is 10.4 Å². The fourth-order valence-electron chi connectivity index (χ4n) is 1.65. The van der Waals surface area contributed by atoms with Crippen LogP contribution in [0.25, 0.3) is 0 Å². The minimum absolute atomic E-state index is 0.0552. The van der Waals surface area contributed by atoms with Crippen LogP contribution >= 0.6 is 0 Å². The molecule has 0 amide bonds. The molecule has 0 saturated carbocycles. The van der Waals surface area contributed by atoms with Gasteiger partial charge in [0.15, 0.2) is 0 Å². The molecule has 0 unspecified atom stereocenters. The zero-order chi connectivity index (χ0) is 12.8. The van der Waals surface area contributed by atoms with Gasteiger partial charge >= 0.3 is 5.97 Å². The number of carboxylic acids is 1. The summed E-state index contributed by atoms with van der Waals surface area (Å²) in [6.45, 7) is 0.110. The second-order valence-corrected chi connectivity index (χ2v) is 5.89. The third-order valence-corrected chi connectivity index (χ3v) is 4.46. The quantitative estimate of drug-likeness (QED) is 0.732. The number of aromatic carboxylic acids is 1. The number of carbonyl (C=O) groups is 1. The van der Waals surface area contributed by atoms with Crippen molar-refractivity contribution in [2.75, 3.05) is 13.1 Å². The van der Waals surface area contributed by atoms with Gasteiger partial charge in [0.2, 0.25) is 10.0 Å². The van der Waals surface area contributed by atoms with Crippen molar-refractivity contribution < 1.29 is 23.4 Å². The molecule has 17 heavy (non-hydrogen) atoms. The van der Waals surface area contributed by atoms with Gasteiger partial charge in [0.05, 0.1) is 6.10 Å². The standard InChI is InChI=1S/C9H12N2O5S/c1-10-5-7(2-8(10)9(13)14)17(15,16)11-3-6(12)4-11/h2,5-6,12H,3-4H2,1H3,(H,13,14). The number of sulfonamides is 1. The van der Waals surface area contributed by atoms with Gasteiger partial charge in [0, 0.05) is 26.3 Å². The molecule has 8 heteroatoms. The molecule has 1 aliphatic rings. The molecule has 7 nitrogen and oxygen atoms in total. The summed E-state index contributed by atoms with van der Waals surface area (Å²) in [4.78, 5) is 10.7. The van der Waals surface area contributed by atoms with Gasteiger partial charge in [-0.2, -0.15) is 4.31 Å². The van der Waals surface area contributed by atoms with Gasteiger partial charge in [-0.1, -0.05) is 0 Å². The normalized spacial score (nSPS) is 18.0. The number of hydrogen-bond donors (Lipinski definition) is 2. The predicted molar refractivity (Wildman–Crippen MR) is 57.1 cm³/mol. The molecule has 1 aromatic heterocycles. The Labute approximate surface area is 97.9 Å². The molecule has 0 bridgehead atoms. The van der Waals surface area contributed by atoms with Gasteiger partial charge < -0.3 is 14.8 Å². The number of aliphatic hydroxyl groups is 1. The summed E-state index contributed by atoms with van der Waals surface area (Å²) >= 11 is 0. The minimum atomic E-state index is -3.68. The number of rotatable bonds is 3. The van der Waals surface area contributed by atoms with Gasteiger partial charge in [-0.25, -0.2) is 13.2 Å². The zero-order valence-electron chi connectivity index (χ0n) is 9.07. The lowest BCUT2D eigenvalue weighted by Crippen LogP contribution is -2.53. The van der Waals surface area contributed by atoms with Crippen molar-refractivity contribution >= 4 is 16.0 Å². The Bertz CT molecular complexity index is 556. The van der Waals surface area contributed by atoms with E-state index in [1.165, 1.54) is 17.8 Å². The number of aliphatic hydroxyl groups excluding tert-OH is 1. The van der Waals surface area contributed by atoms with Gasteiger partial charge in [0.1, 0.15) is 10.6 Å². The topological polar surface area (TPSA) is 99.8 Å². The van der Waals surface area contributed by atoms with Gasteiger partial charge in [-0.3, -0.25) is 0 Å². The average molecular weight is 260 g/mol. The van der Waals surface area contributed by atoms with E-state index in [-0.39, 0.29) is 23.7 Å². The fraction of sp³-hybridized carbons (Fsp3) is 0.444. The molecular weight excluding hydrogens is 248 g/mol. The van der Waals surface area contributed by atoms with Crippen LogP contribution in [-0.4, -0.2) is 52.7 Å². The molecule has 0 aromatic carbocycles. The van der Waals surface area contributed by atoms with Crippen LogP contribution < -0.4 is 0 Å². The molecule has 2 heterocycles. The third-order valence-electron chi connectivity index (χ3n) is 2.67. The Morgan fingerprint density at radius 2 is 2.06 bits per heavy atom. The van der Waals surface area contributed by atoms with Gasteiger partial charge in [-0.05, 0) is 6.07 Å². The van der Waals surface area contributed by atoms with Crippen LogP contribution in [-0.2, 0) is 17.1 Å². The molecule has 1 aliphatic heterocycles. The highest BCUT2D eigenvalue weighted by molar-refractivity contribution is 7.89. The maximum atomic E-state index is 12.0. The molecule has 0 aliphatic carbocycles. The van der Waals surface area contributed by atoms with Crippen molar-refractivity contribution in [3.63, 3.8) is 0 Å². The predicted octanol–water partition coefficient (Wildman–Crippen LogP) is -0.911. The molecule has 0 radical (unpaired) electrons. The monoisotopic (exact) mass is 260 g/mol. The van der Waals surface area contributed by atoms with Gasteiger partial charge in [0.25, 0.3) is 0 Å². The highest BCUT2D eigenvalue weighted by Gasteiger charge is 2.36.